The number of halogens is 1. The first-order chi connectivity index (χ1) is 13.9. The summed E-state index contributed by atoms with van der Waals surface area (Å²) in [5.74, 6) is -1.44. The van der Waals surface area contributed by atoms with E-state index < -0.39 is 11.8 Å². The van der Waals surface area contributed by atoms with Gasteiger partial charge < -0.3 is 20.3 Å². The molecule has 0 heterocycles. The van der Waals surface area contributed by atoms with Crippen molar-refractivity contribution in [3.63, 3.8) is 0 Å². The van der Waals surface area contributed by atoms with Crippen molar-refractivity contribution in [1.82, 2.24) is 10.2 Å². The second-order valence-corrected chi connectivity index (χ2v) is 7.37. The van der Waals surface area contributed by atoms with Crippen LogP contribution in [0.4, 0.5) is 5.69 Å². The van der Waals surface area contributed by atoms with Crippen LogP contribution in [0.1, 0.15) is 23.6 Å². The predicted octanol–water partition coefficient (Wildman–Crippen LogP) is 3.41. The maximum Gasteiger partial charge on any atom is 0.313 e. The van der Waals surface area contributed by atoms with Crippen molar-refractivity contribution < 1.29 is 14.3 Å². The van der Waals surface area contributed by atoms with E-state index in [4.69, 9.17) is 16.3 Å². The highest BCUT2D eigenvalue weighted by molar-refractivity contribution is 6.41. The minimum atomic E-state index is -0.746. The molecule has 0 radical (unpaired) electrons. The topological polar surface area (TPSA) is 70.7 Å². The van der Waals surface area contributed by atoms with Crippen LogP contribution in [-0.2, 0) is 14.3 Å². The summed E-state index contributed by atoms with van der Waals surface area (Å²) in [7, 11) is 3.66. The number of amides is 2. The van der Waals surface area contributed by atoms with E-state index in [1.165, 1.54) is 0 Å². The van der Waals surface area contributed by atoms with Gasteiger partial charge in [-0.2, -0.15) is 0 Å². The Morgan fingerprint density at radius 1 is 1.10 bits per heavy atom. The van der Waals surface area contributed by atoms with Gasteiger partial charge in [0, 0.05) is 20.2 Å². The molecule has 2 rings (SSSR count). The lowest BCUT2D eigenvalue weighted by atomic mass is 10.0. The average Bonchev–Trinajstić information content (AvgIpc) is 2.71. The van der Waals surface area contributed by atoms with Gasteiger partial charge in [0.15, 0.2) is 0 Å². The molecule has 0 saturated carbocycles. The standard InChI is InChI=1S/C22H28ClN3O3/c1-16-9-10-20(18(23)15-16)25-22(28)21(27)24-19(17-7-5-4-6-8-17)11-12-26(2)13-14-29-3/h4-10,15,19H,11-14H2,1-3H3,(H,24,27)(H,25,28)/t19-/m0/s1. The molecule has 2 amide bonds. The van der Waals surface area contributed by atoms with Crippen LogP contribution in [0.3, 0.4) is 0 Å². The van der Waals surface area contributed by atoms with Crippen molar-refractivity contribution in [3.8, 4) is 0 Å². The van der Waals surface area contributed by atoms with Crippen molar-refractivity contribution in [2.75, 3.05) is 39.2 Å². The van der Waals surface area contributed by atoms with Gasteiger partial charge in [-0.1, -0.05) is 48.0 Å². The summed E-state index contributed by atoms with van der Waals surface area (Å²) in [6.45, 7) is 4.07. The van der Waals surface area contributed by atoms with Crippen LogP contribution in [0.5, 0.6) is 0 Å². The summed E-state index contributed by atoms with van der Waals surface area (Å²) in [5.41, 5.74) is 2.33. The van der Waals surface area contributed by atoms with E-state index in [0.717, 1.165) is 24.2 Å². The fourth-order valence-electron chi connectivity index (χ4n) is 2.84. The third-order valence-electron chi connectivity index (χ3n) is 4.56. The Kier molecular flexibility index (Phi) is 9.12. The van der Waals surface area contributed by atoms with Crippen LogP contribution in [0.2, 0.25) is 5.02 Å². The van der Waals surface area contributed by atoms with E-state index in [0.29, 0.717) is 23.7 Å². The molecule has 1 atom stereocenters. The molecule has 0 spiro atoms. The number of anilines is 1. The van der Waals surface area contributed by atoms with Gasteiger partial charge in [0.25, 0.3) is 0 Å². The molecule has 2 aromatic rings. The molecule has 0 saturated heterocycles. The molecule has 0 aliphatic carbocycles. The van der Waals surface area contributed by atoms with Crippen LogP contribution < -0.4 is 10.6 Å². The van der Waals surface area contributed by atoms with E-state index in [-0.39, 0.29) is 6.04 Å². The van der Waals surface area contributed by atoms with Crippen LogP contribution in [0.15, 0.2) is 48.5 Å². The lowest BCUT2D eigenvalue weighted by Crippen LogP contribution is -2.39. The summed E-state index contributed by atoms with van der Waals surface area (Å²) in [5, 5.41) is 5.81. The average molecular weight is 418 g/mol. The van der Waals surface area contributed by atoms with Crippen LogP contribution in [0.25, 0.3) is 0 Å². The number of methoxy groups -OCH3 is 1. The van der Waals surface area contributed by atoms with E-state index in [1.807, 2.05) is 50.4 Å². The second kappa shape index (κ2) is 11.6. The number of carbonyl (C=O) groups is 2. The zero-order valence-electron chi connectivity index (χ0n) is 17.1. The molecule has 2 aromatic carbocycles. The highest BCUT2D eigenvalue weighted by Crippen LogP contribution is 2.23. The van der Waals surface area contributed by atoms with Gasteiger partial charge in [-0.05, 0) is 43.7 Å². The van der Waals surface area contributed by atoms with E-state index in [2.05, 4.69) is 15.5 Å². The Morgan fingerprint density at radius 3 is 2.48 bits per heavy atom. The maximum atomic E-state index is 12.5. The van der Waals surface area contributed by atoms with E-state index in [1.54, 1.807) is 19.2 Å². The van der Waals surface area contributed by atoms with E-state index >= 15 is 0 Å². The zero-order chi connectivity index (χ0) is 21.2. The Labute approximate surface area is 177 Å². The van der Waals surface area contributed by atoms with Crippen LogP contribution in [-0.4, -0.2) is 50.6 Å². The van der Waals surface area contributed by atoms with Crippen molar-refractivity contribution in [3.05, 3.63) is 64.7 Å². The molecule has 0 aliphatic rings. The third kappa shape index (κ3) is 7.49. The van der Waals surface area contributed by atoms with Gasteiger partial charge in [0.2, 0.25) is 0 Å². The lowest BCUT2D eigenvalue weighted by Gasteiger charge is -2.23. The minimum absolute atomic E-state index is 0.284. The van der Waals surface area contributed by atoms with Crippen molar-refractivity contribution in [2.24, 2.45) is 0 Å². The Morgan fingerprint density at radius 2 is 1.83 bits per heavy atom. The normalized spacial score (nSPS) is 11.9. The molecule has 29 heavy (non-hydrogen) atoms. The van der Waals surface area contributed by atoms with Gasteiger partial charge in [0.1, 0.15) is 0 Å². The van der Waals surface area contributed by atoms with Gasteiger partial charge >= 0.3 is 11.8 Å². The molecule has 0 bridgehead atoms. The molecule has 0 aliphatic heterocycles. The number of nitrogens with one attached hydrogen (secondary N) is 2. The smallest absolute Gasteiger partial charge is 0.313 e. The SMILES string of the molecule is COCCN(C)CC[C@H](NC(=O)C(=O)Nc1ccc(C)cc1Cl)c1ccccc1. The summed E-state index contributed by atoms with van der Waals surface area (Å²) in [6, 6.07) is 14.6. The second-order valence-electron chi connectivity index (χ2n) is 6.96. The molecule has 0 fully saturated rings. The quantitative estimate of drug-likeness (QED) is 0.613. The van der Waals surface area contributed by atoms with Gasteiger partial charge in [0.05, 0.1) is 23.4 Å². The number of likely N-dealkylation sites (N-methyl/N-ethyl adjacent to an activating group) is 1. The van der Waals surface area contributed by atoms with Crippen molar-refractivity contribution >= 4 is 29.1 Å². The summed E-state index contributed by atoms with van der Waals surface area (Å²) >= 11 is 6.14. The molecule has 2 N–H and O–H groups in total. The lowest BCUT2D eigenvalue weighted by molar-refractivity contribution is -0.136. The molecule has 0 unspecified atom stereocenters. The Hall–Kier alpha value is -2.41. The van der Waals surface area contributed by atoms with E-state index in [9.17, 15) is 9.59 Å². The van der Waals surface area contributed by atoms with Gasteiger partial charge in [-0.25, -0.2) is 0 Å². The molecule has 6 nitrogen and oxygen atoms in total. The van der Waals surface area contributed by atoms with Crippen molar-refractivity contribution in [2.45, 2.75) is 19.4 Å². The summed E-state index contributed by atoms with van der Waals surface area (Å²) < 4.78 is 5.10. The monoisotopic (exact) mass is 417 g/mol. The fraction of sp³-hybridized carbons (Fsp3) is 0.364. The molecule has 0 aromatic heterocycles. The number of hydrogen-bond donors (Lipinski definition) is 2. The highest BCUT2D eigenvalue weighted by atomic mass is 35.5. The number of hydrogen-bond acceptors (Lipinski definition) is 4. The number of carbonyl (C=O) groups excluding carboxylic acids is 2. The first-order valence-corrected chi connectivity index (χ1v) is 9.89. The molecule has 156 valence electrons. The zero-order valence-corrected chi connectivity index (χ0v) is 17.8. The van der Waals surface area contributed by atoms with Gasteiger partial charge in [-0.3, -0.25) is 9.59 Å². The largest absolute Gasteiger partial charge is 0.383 e. The number of benzene rings is 2. The highest BCUT2D eigenvalue weighted by Gasteiger charge is 2.21. The molecule has 7 heteroatoms. The van der Waals surface area contributed by atoms with Gasteiger partial charge in [-0.15, -0.1) is 0 Å². The summed E-state index contributed by atoms with van der Waals surface area (Å²) in [6.07, 6.45) is 0.661. The Balaban J connectivity index is 2.02. The van der Waals surface area contributed by atoms with Crippen LogP contribution >= 0.6 is 11.6 Å². The predicted molar refractivity (Wildman–Crippen MR) is 116 cm³/mol. The summed E-state index contributed by atoms with van der Waals surface area (Å²) in [4.78, 5) is 27.0. The first-order valence-electron chi connectivity index (χ1n) is 9.51. The fourth-order valence-corrected chi connectivity index (χ4v) is 3.12. The minimum Gasteiger partial charge on any atom is -0.383 e. The maximum absolute atomic E-state index is 12.5. The molecular formula is C22H28ClN3O3. The number of ether oxygens (including phenoxy) is 1. The van der Waals surface area contributed by atoms with Crippen molar-refractivity contribution in [1.29, 1.82) is 0 Å². The number of rotatable bonds is 9. The molecular weight excluding hydrogens is 390 g/mol. The third-order valence-corrected chi connectivity index (χ3v) is 4.88. The number of aryl methyl sites for hydroxylation is 1. The van der Waals surface area contributed by atoms with Crippen LogP contribution in [0, 0.1) is 6.92 Å². The number of nitrogens with zero attached hydrogens (tertiary/aromatic N) is 1. The Bertz CT molecular complexity index is 814. The first kappa shape index (κ1) is 22.9.